The number of benzene rings is 3. The van der Waals surface area contributed by atoms with Crippen LogP contribution in [0.1, 0.15) is 11.1 Å². The minimum atomic E-state index is -5.29. The average Bonchev–Trinajstić information content (AvgIpc) is 2.88. The van der Waals surface area contributed by atoms with E-state index in [2.05, 4.69) is 4.52 Å². The van der Waals surface area contributed by atoms with Gasteiger partial charge in [0.1, 0.15) is 5.75 Å². The van der Waals surface area contributed by atoms with E-state index in [1.807, 2.05) is 36.2 Å². The maximum atomic E-state index is 13.6. The molecular formula is C26H28ClN2O7PS-2. The third-order valence-corrected chi connectivity index (χ3v) is 8.07. The lowest BCUT2D eigenvalue weighted by molar-refractivity contribution is -0.341. The molecular weight excluding hydrogens is 551 g/mol. The molecule has 0 heterocycles. The van der Waals surface area contributed by atoms with Gasteiger partial charge in [0.25, 0.3) is 10.0 Å². The van der Waals surface area contributed by atoms with E-state index in [9.17, 15) is 22.8 Å². The lowest BCUT2D eigenvalue weighted by atomic mass is 10.1. The summed E-state index contributed by atoms with van der Waals surface area (Å²) in [4.78, 5) is 24.0. The molecule has 0 N–H and O–H groups in total. The number of hydrogen-bond donors (Lipinski definition) is 0. The number of hydrogen-bond acceptors (Lipinski definition) is 8. The van der Waals surface area contributed by atoms with Crippen LogP contribution in [-0.2, 0) is 25.7 Å². The number of halogens is 1. The highest BCUT2D eigenvalue weighted by Gasteiger charge is 2.27. The number of anilines is 1. The number of methoxy groups -OCH3 is 1. The summed E-state index contributed by atoms with van der Waals surface area (Å²) >= 11 is 5.93. The third kappa shape index (κ3) is 8.68. The van der Waals surface area contributed by atoms with Crippen molar-refractivity contribution in [2.45, 2.75) is 11.4 Å². The zero-order valence-corrected chi connectivity index (χ0v) is 23.4. The molecule has 3 rings (SSSR count). The zero-order chi connectivity index (χ0) is 27.8. The standard InChI is InChI=1S/C26H30ClN2O7PS/c1-28(17-5-6-21-9-11-23(27)12-10-21)20-22-7-3-4-8-26(22)29(18-19-36-37(30,31)32)38(33,34)25-15-13-24(35-2)14-16-25/h3-16H,17-20H2,1-2H3,(H2,30,31,32)/p-2/b6-5+. The van der Waals surface area contributed by atoms with Gasteiger partial charge in [-0.15, -0.1) is 0 Å². The van der Waals surface area contributed by atoms with Crippen molar-refractivity contribution in [3.8, 4) is 5.75 Å². The Hall–Kier alpha value is -2.69. The Kier molecular flexibility index (Phi) is 10.5. The monoisotopic (exact) mass is 578 g/mol. The molecule has 0 fully saturated rings. The van der Waals surface area contributed by atoms with Gasteiger partial charge in [-0.05, 0) is 60.6 Å². The van der Waals surface area contributed by atoms with E-state index < -0.39 is 24.5 Å². The van der Waals surface area contributed by atoms with Crippen LogP contribution in [0, 0.1) is 0 Å². The molecule has 0 amide bonds. The van der Waals surface area contributed by atoms with E-state index in [4.69, 9.17) is 16.3 Å². The molecule has 0 unspecified atom stereocenters. The van der Waals surface area contributed by atoms with Crippen LogP contribution in [0.15, 0.2) is 83.8 Å². The van der Waals surface area contributed by atoms with E-state index in [1.165, 1.54) is 31.4 Å². The first-order valence-corrected chi connectivity index (χ1v) is 14.8. The van der Waals surface area contributed by atoms with Gasteiger partial charge < -0.3 is 23.6 Å². The van der Waals surface area contributed by atoms with Crippen LogP contribution in [0.2, 0.25) is 5.02 Å². The molecule has 0 spiro atoms. The van der Waals surface area contributed by atoms with E-state index in [0.717, 1.165) is 9.87 Å². The third-order valence-electron chi connectivity index (χ3n) is 5.49. The maximum Gasteiger partial charge on any atom is 0.264 e. The minimum Gasteiger partial charge on any atom is -0.790 e. The highest BCUT2D eigenvalue weighted by Crippen LogP contribution is 2.30. The first-order valence-electron chi connectivity index (χ1n) is 11.5. The molecule has 38 heavy (non-hydrogen) atoms. The molecule has 204 valence electrons. The lowest BCUT2D eigenvalue weighted by Gasteiger charge is -2.32. The van der Waals surface area contributed by atoms with Crippen molar-refractivity contribution < 1.29 is 32.0 Å². The van der Waals surface area contributed by atoms with Crippen molar-refractivity contribution in [3.05, 3.63) is 95.0 Å². The van der Waals surface area contributed by atoms with E-state index in [0.29, 0.717) is 35.1 Å². The Balaban J connectivity index is 1.86. The number of nitrogens with zero attached hydrogens (tertiary/aromatic N) is 2. The van der Waals surface area contributed by atoms with Crippen molar-refractivity contribution in [2.75, 3.05) is 38.2 Å². The Labute approximate surface area is 228 Å². The molecule has 3 aromatic rings. The maximum absolute atomic E-state index is 13.6. The Morgan fingerprint density at radius 3 is 2.29 bits per heavy atom. The van der Waals surface area contributed by atoms with Crippen LogP contribution in [0.5, 0.6) is 5.75 Å². The molecule has 0 saturated carbocycles. The number of phosphoric ester groups is 1. The quantitative estimate of drug-likeness (QED) is 0.282. The summed E-state index contributed by atoms with van der Waals surface area (Å²) in [6.45, 7) is -0.0627. The lowest BCUT2D eigenvalue weighted by Crippen LogP contribution is -2.36. The minimum absolute atomic E-state index is 0.0280. The van der Waals surface area contributed by atoms with Crippen LogP contribution in [0.4, 0.5) is 5.69 Å². The molecule has 0 radical (unpaired) electrons. The van der Waals surface area contributed by atoms with Gasteiger partial charge in [0, 0.05) is 18.1 Å². The van der Waals surface area contributed by atoms with Gasteiger partial charge in [-0.25, -0.2) is 8.42 Å². The number of rotatable bonds is 13. The second kappa shape index (κ2) is 13.4. The normalized spacial score (nSPS) is 12.3. The SMILES string of the molecule is COc1ccc(S(=O)(=O)N(CCOP(=O)([O-])[O-])c2ccccc2CN(C)C/C=C/c2ccc(Cl)cc2)cc1. The van der Waals surface area contributed by atoms with Crippen LogP contribution >= 0.6 is 19.4 Å². The molecule has 0 aliphatic heterocycles. The van der Waals surface area contributed by atoms with Crippen molar-refractivity contribution >= 4 is 41.2 Å². The molecule has 0 bridgehead atoms. The highest BCUT2D eigenvalue weighted by atomic mass is 35.5. The Bertz CT molecular complexity index is 1380. The average molecular weight is 579 g/mol. The predicted octanol–water partition coefficient (Wildman–Crippen LogP) is 3.53. The largest absolute Gasteiger partial charge is 0.790 e. The number of likely N-dealkylation sites (N-methyl/N-ethyl adjacent to an activating group) is 1. The molecule has 0 atom stereocenters. The fourth-order valence-corrected chi connectivity index (χ4v) is 5.58. The summed E-state index contributed by atoms with van der Waals surface area (Å²) < 4.78 is 48.8. The van der Waals surface area contributed by atoms with Crippen molar-refractivity contribution in [1.29, 1.82) is 0 Å². The second-order valence-electron chi connectivity index (χ2n) is 8.31. The van der Waals surface area contributed by atoms with Crippen molar-refractivity contribution in [3.63, 3.8) is 0 Å². The van der Waals surface area contributed by atoms with E-state index >= 15 is 0 Å². The van der Waals surface area contributed by atoms with Crippen LogP contribution in [-0.4, -0.2) is 47.2 Å². The van der Waals surface area contributed by atoms with Crippen LogP contribution in [0.3, 0.4) is 0 Å². The van der Waals surface area contributed by atoms with Crippen molar-refractivity contribution in [2.24, 2.45) is 0 Å². The van der Waals surface area contributed by atoms with Gasteiger partial charge in [-0.1, -0.05) is 54.1 Å². The van der Waals surface area contributed by atoms with E-state index in [-0.39, 0.29) is 11.4 Å². The van der Waals surface area contributed by atoms with E-state index in [1.54, 1.807) is 36.4 Å². The summed E-state index contributed by atoms with van der Waals surface area (Å²) in [6.07, 6.45) is 3.94. The molecule has 0 aliphatic carbocycles. The summed E-state index contributed by atoms with van der Waals surface area (Å²) in [5.74, 6) is 0.478. The number of ether oxygens (including phenoxy) is 1. The highest BCUT2D eigenvalue weighted by molar-refractivity contribution is 7.92. The van der Waals surface area contributed by atoms with Gasteiger partial charge in [0.2, 0.25) is 0 Å². The molecule has 0 aliphatic rings. The zero-order valence-electron chi connectivity index (χ0n) is 20.9. The molecule has 9 nitrogen and oxygen atoms in total. The topological polar surface area (TPSA) is 122 Å². The van der Waals surface area contributed by atoms with Gasteiger partial charge in [0.15, 0.2) is 0 Å². The summed E-state index contributed by atoms with van der Waals surface area (Å²) in [7, 11) is -6.08. The first-order chi connectivity index (χ1) is 18.0. The van der Waals surface area contributed by atoms with Gasteiger partial charge in [-0.2, -0.15) is 0 Å². The molecule has 0 aromatic heterocycles. The van der Waals surface area contributed by atoms with Crippen molar-refractivity contribution in [1.82, 2.24) is 4.90 Å². The summed E-state index contributed by atoms with van der Waals surface area (Å²) in [5.41, 5.74) is 2.01. The second-order valence-corrected chi connectivity index (χ2v) is 11.8. The van der Waals surface area contributed by atoms with Crippen LogP contribution in [0.25, 0.3) is 6.08 Å². The van der Waals surface area contributed by atoms with Gasteiger partial charge in [-0.3, -0.25) is 9.21 Å². The molecule has 12 heteroatoms. The van der Waals surface area contributed by atoms with Crippen LogP contribution < -0.4 is 18.8 Å². The summed E-state index contributed by atoms with van der Waals surface area (Å²) in [6, 6.07) is 20.1. The predicted molar refractivity (Wildman–Crippen MR) is 144 cm³/mol. The molecule has 3 aromatic carbocycles. The van der Waals surface area contributed by atoms with Gasteiger partial charge >= 0.3 is 0 Å². The summed E-state index contributed by atoms with van der Waals surface area (Å²) in [5, 5.41) is 0.656. The number of sulfonamides is 1. The first kappa shape index (κ1) is 29.9. The Morgan fingerprint density at radius 2 is 1.66 bits per heavy atom. The smallest absolute Gasteiger partial charge is 0.264 e. The number of phosphoric acid groups is 1. The number of para-hydroxylation sites is 1. The fourth-order valence-electron chi connectivity index (χ4n) is 3.67. The fraction of sp³-hybridized carbons (Fsp3) is 0.231. The molecule has 0 saturated heterocycles. The van der Waals surface area contributed by atoms with Gasteiger partial charge in [0.05, 0.1) is 38.7 Å². The Morgan fingerprint density at radius 1 is 1.00 bits per heavy atom.